The van der Waals surface area contributed by atoms with Crippen molar-refractivity contribution in [3.05, 3.63) is 41.2 Å². The van der Waals surface area contributed by atoms with E-state index in [1.54, 1.807) is 23.6 Å². The summed E-state index contributed by atoms with van der Waals surface area (Å²) in [7, 11) is 0. The van der Waals surface area contributed by atoms with Gasteiger partial charge in [0.1, 0.15) is 18.2 Å². The number of nitrogens with zero attached hydrogens (tertiary/aromatic N) is 1. The van der Waals surface area contributed by atoms with Crippen molar-refractivity contribution in [2.45, 2.75) is 32.7 Å². The minimum Gasteiger partial charge on any atom is -0.491 e. The summed E-state index contributed by atoms with van der Waals surface area (Å²) in [5, 5.41) is 17.4. The molecule has 0 aliphatic carbocycles. The van der Waals surface area contributed by atoms with E-state index in [1.165, 1.54) is 0 Å². The second-order valence-corrected chi connectivity index (χ2v) is 8.45. The number of aromatic nitrogens is 1. The molecule has 28 heavy (non-hydrogen) atoms. The number of pyridine rings is 1. The Labute approximate surface area is 168 Å². The Morgan fingerprint density at radius 3 is 2.79 bits per heavy atom. The molecular weight excluding hydrogens is 374 g/mol. The van der Waals surface area contributed by atoms with Crippen LogP contribution in [0.4, 0.5) is 10.6 Å². The molecular formula is C21H25N3O3S. The maximum atomic E-state index is 10.9. The fourth-order valence-corrected chi connectivity index (χ4v) is 4.26. The number of thiophene rings is 1. The van der Waals surface area contributed by atoms with Gasteiger partial charge in [-0.1, -0.05) is 19.9 Å². The first-order valence-corrected chi connectivity index (χ1v) is 10.1. The van der Waals surface area contributed by atoms with E-state index in [2.05, 4.69) is 34.9 Å². The monoisotopic (exact) mass is 399 g/mol. The van der Waals surface area contributed by atoms with Gasteiger partial charge in [0.05, 0.1) is 0 Å². The van der Waals surface area contributed by atoms with Gasteiger partial charge < -0.3 is 15.6 Å². The summed E-state index contributed by atoms with van der Waals surface area (Å²) in [6.07, 6.45) is 1.34. The Morgan fingerprint density at radius 2 is 2.07 bits per heavy atom. The number of carboxylic acid groups (broad SMARTS) is 1. The molecule has 3 rings (SSSR count). The van der Waals surface area contributed by atoms with E-state index >= 15 is 0 Å². The smallest absolute Gasteiger partial charge is 0.410 e. The number of anilines is 1. The Morgan fingerprint density at radius 1 is 1.32 bits per heavy atom. The van der Waals surface area contributed by atoms with Gasteiger partial charge in [-0.25, -0.2) is 9.78 Å². The summed E-state index contributed by atoms with van der Waals surface area (Å²) in [4.78, 5) is 14.9. The fraction of sp³-hybridized carbons (Fsp3) is 0.333. The maximum absolute atomic E-state index is 10.9. The third-order valence-corrected chi connectivity index (χ3v) is 5.10. The zero-order valence-electron chi connectivity index (χ0n) is 16.2. The molecule has 148 valence electrons. The molecule has 0 saturated heterocycles. The Balaban J connectivity index is 1.89. The number of fused-ring (bicyclic) bond motifs is 1. The van der Waals surface area contributed by atoms with Crippen LogP contribution in [-0.4, -0.2) is 28.3 Å². The second-order valence-electron chi connectivity index (χ2n) is 7.71. The van der Waals surface area contributed by atoms with Crippen molar-refractivity contribution in [3.63, 3.8) is 0 Å². The highest BCUT2D eigenvalue weighted by atomic mass is 32.1. The molecule has 2 aromatic heterocycles. The molecule has 0 spiro atoms. The van der Waals surface area contributed by atoms with Crippen LogP contribution in [0.2, 0.25) is 0 Å². The number of rotatable bonds is 7. The van der Waals surface area contributed by atoms with Gasteiger partial charge in [-0.3, -0.25) is 5.32 Å². The number of amides is 1. The van der Waals surface area contributed by atoms with Crippen LogP contribution in [0.3, 0.4) is 0 Å². The van der Waals surface area contributed by atoms with Crippen molar-refractivity contribution in [1.29, 1.82) is 0 Å². The SMILES string of the molecule is CC(C)CC(C)(N)COc1ccc(-c2ccnc(NC(=O)O)c2)c2cscc12. The van der Waals surface area contributed by atoms with Crippen LogP contribution >= 0.6 is 11.3 Å². The lowest BCUT2D eigenvalue weighted by Crippen LogP contribution is -2.43. The van der Waals surface area contributed by atoms with Gasteiger partial charge in [-0.05, 0) is 54.0 Å². The standard InChI is InChI=1S/C21H25N3O3S/c1-13(2)9-21(3,22)12-27-18-5-4-15(16-10-28-11-17(16)18)14-6-7-23-19(8-14)24-20(25)26/h4-8,10-11,13H,9,12,22H2,1-3H3,(H,23,24)(H,25,26). The summed E-state index contributed by atoms with van der Waals surface area (Å²) in [6, 6.07) is 7.52. The van der Waals surface area contributed by atoms with Gasteiger partial charge >= 0.3 is 6.09 Å². The Bertz CT molecular complexity index is 982. The second kappa shape index (κ2) is 8.16. The van der Waals surface area contributed by atoms with E-state index in [0.29, 0.717) is 18.3 Å². The fourth-order valence-electron chi connectivity index (χ4n) is 3.42. The van der Waals surface area contributed by atoms with E-state index in [9.17, 15) is 4.79 Å². The number of benzene rings is 1. The molecule has 2 heterocycles. The van der Waals surface area contributed by atoms with Crippen LogP contribution in [0, 0.1) is 5.92 Å². The van der Waals surface area contributed by atoms with E-state index in [0.717, 1.165) is 34.1 Å². The number of ether oxygens (including phenoxy) is 1. The minimum absolute atomic E-state index is 0.293. The van der Waals surface area contributed by atoms with Gasteiger partial charge in [0, 0.05) is 27.9 Å². The molecule has 0 fully saturated rings. The van der Waals surface area contributed by atoms with Crippen LogP contribution < -0.4 is 15.8 Å². The van der Waals surface area contributed by atoms with E-state index in [4.69, 9.17) is 15.6 Å². The number of hydrogen-bond acceptors (Lipinski definition) is 5. The first-order chi connectivity index (χ1) is 13.2. The number of nitrogens with two attached hydrogens (primary N) is 1. The normalized spacial score (nSPS) is 13.5. The Hall–Kier alpha value is -2.64. The van der Waals surface area contributed by atoms with Crippen molar-refractivity contribution in [1.82, 2.24) is 4.98 Å². The van der Waals surface area contributed by atoms with Crippen molar-refractivity contribution in [2.24, 2.45) is 11.7 Å². The highest BCUT2D eigenvalue weighted by Gasteiger charge is 2.22. The average Bonchev–Trinajstić information content (AvgIpc) is 3.08. The number of nitrogens with one attached hydrogen (secondary N) is 1. The summed E-state index contributed by atoms with van der Waals surface area (Å²) < 4.78 is 6.09. The molecule has 1 amide bonds. The largest absolute Gasteiger partial charge is 0.491 e. The Kier molecular flexibility index (Phi) is 5.86. The molecule has 0 saturated carbocycles. The molecule has 0 radical (unpaired) electrons. The highest BCUT2D eigenvalue weighted by molar-refractivity contribution is 7.09. The van der Waals surface area contributed by atoms with Gasteiger partial charge in [-0.2, -0.15) is 11.3 Å². The van der Waals surface area contributed by atoms with Crippen LogP contribution in [-0.2, 0) is 0 Å². The molecule has 0 bridgehead atoms. The van der Waals surface area contributed by atoms with Gasteiger partial charge in [0.25, 0.3) is 0 Å². The first-order valence-electron chi connectivity index (χ1n) is 9.12. The predicted molar refractivity (Wildman–Crippen MR) is 114 cm³/mol. The average molecular weight is 400 g/mol. The van der Waals surface area contributed by atoms with Crippen molar-refractivity contribution in [3.8, 4) is 16.9 Å². The van der Waals surface area contributed by atoms with Crippen molar-refractivity contribution in [2.75, 3.05) is 11.9 Å². The van der Waals surface area contributed by atoms with Crippen LogP contribution in [0.5, 0.6) is 5.75 Å². The van der Waals surface area contributed by atoms with Crippen molar-refractivity contribution >= 4 is 34.0 Å². The molecule has 7 heteroatoms. The molecule has 1 aromatic carbocycles. The zero-order valence-corrected chi connectivity index (χ0v) is 17.0. The summed E-state index contributed by atoms with van der Waals surface area (Å²) >= 11 is 1.60. The lowest BCUT2D eigenvalue weighted by Gasteiger charge is -2.27. The van der Waals surface area contributed by atoms with Gasteiger partial charge in [-0.15, -0.1) is 0 Å². The highest BCUT2D eigenvalue weighted by Crippen LogP contribution is 2.37. The van der Waals surface area contributed by atoms with Crippen LogP contribution in [0.15, 0.2) is 41.2 Å². The predicted octanol–water partition coefficient (Wildman–Crippen LogP) is 5.20. The van der Waals surface area contributed by atoms with Crippen LogP contribution in [0.1, 0.15) is 27.2 Å². The topological polar surface area (TPSA) is 97.5 Å². The molecule has 0 aliphatic rings. The summed E-state index contributed by atoms with van der Waals surface area (Å²) in [5.41, 5.74) is 7.87. The first kappa shape index (κ1) is 20.1. The van der Waals surface area contributed by atoms with Crippen LogP contribution in [0.25, 0.3) is 21.9 Å². The molecule has 1 unspecified atom stereocenters. The van der Waals surface area contributed by atoms with Gasteiger partial charge in [0.2, 0.25) is 0 Å². The summed E-state index contributed by atoms with van der Waals surface area (Å²) in [6.45, 7) is 6.76. The molecule has 6 nitrogen and oxygen atoms in total. The minimum atomic E-state index is -1.14. The summed E-state index contributed by atoms with van der Waals surface area (Å²) in [5.74, 6) is 1.60. The molecule has 3 aromatic rings. The quantitative estimate of drug-likeness (QED) is 0.507. The lowest BCUT2D eigenvalue weighted by molar-refractivity contribution is 0.208. The molecule has 1 atom stereocenters. The number of hydrogen-bond donors (Lipinski definition) is 3. The third-order valence-electron chi connectivity index (χ3n) is 4.36. The van der Waals surface area contributed by atoms with E-state index < -0.39 is 11.6 Å². The zero-order chi connectivity index (χ0) is 20.3. The van der Waals surface area contributed by atoms with E-state index in [-0.39, 0.29) is 0 Å². The van der Waals surface area contributed by atoms with E-state index in [1.807, 2.05) is 25.1 Å². The van der Waals surface area contributed by atoms with Gasteiger partial charge in [0.15, 0.2) is 0 Å². The maximum Gasteiger partial charge on any atom is 0.410 e. The molecule has 4 N–H and O–H groups in total. The third kappa shape index (κ3) is 4.79. The molecule has 0 aliphatic heterocycles. The van der Waals surface area contributed by atoms with Crippen molar-refractivity contribution < 1.29 is 14.6 Å². The lowest BCUT2D eigenvalue weighted by atomic mass is 9.93. The number of carbonyl (C=O) groups is 1.